The Kier molecular flexibility index (Phi) is 6.67. The quantitative estimate of drug-likeness (QED) is 0.610. The molecule has 0 heterocycles. The van der Waals surface area contributed by atoms with E-state index in [9.17, 15) is 0 Å². The summed E-state index contributed by atoms with van der Waals surface area (Å²) in [6, 6.07) is 2.32. The van der Waals surface area contributed by atoms with Crippen LogP contribution in [0.4, 0.5) is 0 Å². The molecular weight excluding hydrogens is 220 g/mol. The van der Waals surface area contributed by atoms with Gasteiger partial charge in [0.15, 0.2) is 0 Å². The van der Waals surface area contributed by atoms with Gasteiger partial charge < -0.3 is 8.85 Å². The average molecular weight is 246 g/mol. The molecule has 0 aliphatic heterocycles. The zero-order valence-corrected chi connectivity index (χ0v) is 12.9. The van der Waals surface area contributed by atoms with Gasteiger partial charge in [-0.3, -0.25) is 0 Å². The smallest absolute Gasteiger partial charge is 0.334 e. The van der Waals surface area contributed by atoms with Gasteiger partial charge in [0.05, 0.1) is 8.07 Å². The molecule has 0 aromatic heterocycles. The van der Waals surface area contributed by atoms with Crippen molar-refractivity contribution in [3.05, 3.63) is 12.3 Å². The second-order valence-corrected chi connectivity index (χ2v) is 12.9. The molecule has 4 heteroatoms. The van der Waals surface area contributed by atoms with Gasteiger partial charge in [0.25, 0.3) is 0 Å². The van der Waals surface area contributed by atoms with Crippen LogP contribution in [0.5, 0.6) is 0 Å². The molecule has 0 atom stereocenters. The molecule has 0 spiro atoms. The molecule has 0 aromatic rings. The summed E-state index contributed by atoms with van der Waals surface area (Å²) in [5.74, 6) is 0. The van der Waals surface area contributed by atoms with Crippen LogP contribution in [-0.4, -0.2) is 29.8 Å². The van der Waals surface area contributed by atoms with Crippen LogP contribution in [-0.2, 0) is 8.85 Å². The largest absolute Gasteiger partial charge is 0.395 e. The van der Waals surface area contributed by atoms with Gasteiger partial charge in [0.1, 0.15) is 0 Å². The third-order valence-corrected chi connectivity index (χ3v) is 8.78. The van der Waals surface area contributed by atoms with Gasteiger partial charge >= 0.3 is 8.56 Å². The highest BCUT2D eigenvalue weighted by molar-refractivity contribution is 6.83. The zero-order valence-electron chi connectivity index (χ0n) is 10.9. The fourth-order valence-corrected chi connectivity index (χ4v) is 7.64. The van der Waals surface area contributed by atoms with E-state index >= 15 is 0 Å². The van der Waals surface area contributed by atoms with Crippen LogP contribution in [0.3, 0.4) is 0 Å². The first-order valence-electron chi connectivity index (χ1n) is 5.80. The highest BCUT2D eigenvalue weighted by Crippen LogP contribution is 2.22. The summed E-state index contributed by atoms with van der Waals surface area (Å²) in [6.45, 7) is 16.4. The van der Waals surface area contributed by atoms with Gasteiger partial charge in [-0.1, -0.05) is 19.1 Å². The van der Waals surface area contributed by atoms with Gasteiger partial charge in [-0.2, -0.15) is 0 Å². The Morgan fingerprint density at radius 2 is 1.47 bits per heavy atom. The van der Waals surface area contributed by atoms with Crippen molar-refractivity contribution in [2.45, 2.75) is 45.6 Å². The van der Waals surface area contributed by atoms with Crippen molar-refractivity contribution in [2.24, 2.45) is 0 Å². The van der Waals surface area contributed by atoms with Crippen molar-refractivity contribution < 1.29 is 8.85 Å². The van der Waals surface area contributed by atoms with Crippen LogP contribution in [0.25, 0.3) is 0 Å². The minimum atomic E-state index is -1.89. The minimum absolute atomic E-state index is 0.763. The Morgan fingerprint density at radius 3 is 1.80 bits per heavy atom. The number of rotatable bonds is 8. The molecule has 0 fully saturated rings. The number of hydrogen-bond donors (Lipinski definition) is 0. The Morgan fingerprint density at radius 1 is 1.00 bits per heavy atom. The third kappa shape index (κ3) is 6.30. The van der Waals surface area contributed by atoms with Gasteiger partial charge in [-0.15, -0.1) is 12.3 Å². The van der Waals surface area contributed by atoms with Crippen molar-refractivity contribution >= 4 is 16.6 Å². The monoisotopic (exact) mass is 246 g/mol. The normalized spacial score (nSPS) is 12.9. The molecule has 90 valence electrons. The molecule has 0 saturated heterocycles. The highest BCUT2D eigenvalue weighted by Gasteiger charge is 2.32. The fraction of sp³-hybridized carbons (Fsp3) is 0.818. The molecule has 0 radical (unpaired) electrons. The van der Waals surface area contributed by atoms with E-state index < -0.39 is 16.6 Å². The molecular formula is C11H26O2Si2. The van der Waals surface area contributed by atoms with Crippen LogP contribution in [0.15, 0.2) is 12.3 Å². The first-order valence-corrected chi connectivity index (χ1v) is 11.6. The molecule has 0 rings (SSSR count). The van der Waals surface area contributed by atoms with Crippen molar-refractivity contribution in [3.8, 4) is 0 Å². The first kappa shape index (κ1) is 15.1. The Balaban J connectivity index is 4.22. The van der Waals surface area contributed by atoms with E-state index in [0.29, 0.717) is 0 Å². The average Bonchev–Trinajstić information content (AvgIpc) is 2.16. The summed E-state index contributed by atoms with van der Waals surface area (Å²) >= 11 is 0. The lowest BCUT2D eigenvalue weighted by Crippen LogP contribution is -2.40. The maximum absolute atomic E-state index is 5.81. The lowest BCUT2D eigenvalue weighted by Gasteiger charge is -2.28. The number of hydrogen-bond acceptors (Lipinski definition) is 2. The van der Waals surface area contributed by atoms with Crippen LogP contribution in [0, 0.1) is 0 Å². The second-order valence-electron chi connectivity index (χ2n) is 4.69. The Labute approximate surface area is 96.9 Å². The van der Waals surface area contributed by atoms with E-state index in [1.54, 1.807) is 0 Å². The van der Waals surface area contributed by atoms with Crippen LogP contribution in [0.1, 0.15) is 13.8 Å². The summed E-state index contributed by atoms with van der Waals surface area (Å²) in [5, 5.41) is 0. The minimum Gasteiger partial charge on any atom is -0.395 e. The Bertz CT molecular complexity index is 187. The molecule has 0 aliphatic rings. The highest BCUT2D eigenvalue weighted by atomic mass is 28.4. The van der Waals surface area contributed by atoms with Gasteiger partial charge in [0.2, 0.25) is 0 Å². The van der Waals surface area contributed by atoms with Crippen molar-refractivity contribution in [2.75, 3.05) is 13.2 Å². The van der Waals surface area contributed by atoms with Crippen molar-refractivity contribution in [1.82, 2.24) is 0 Å². The van der Waals surface area contributed by atoms with E-state index in [2.05, 4.69) is 31.9 Å². The second kappa shape index (κ2) is 6.63. The van der Waals surface area contributed by atoms with E-state index in [1.807, 2.05) is 13.8 Å². The van der Waals surface area contributed by atoms with Gasteiger partial charge in [-0.05, 0) is 26.4 Å². The summed E-state index contributed by atoms with van der Waals surface area (Å²) < 4.78 is 11.6. The zero-order chi connectivity index (χ0) is 11.9. The molecule has 0 aliphatic carbocycles. The molecule has 0 unspecified atom stereocenters. The molecule has 15 heavy (non-hydrogen) atoms. The molecule has 0 saturated carbocycles. The van der Waals surface area contributed by atoms with Crippen LogP contribution < -0.4 is 0 Å². The lowest BCUT2D eigenvalue weighted by molar-refractivity contribution is 0.190. The van der Waals surface area contributed by atoms with Crippen molar-refractivity contribution in [3.63, 3.8) is 0 Å². The fourth-order valence-electron chi connectivity index (χ4n) is 1.45. The third-order valence-electron chi connectivity index (χ3n) is 2.68. The molecule has 0 N–H and O–H groups in total. The molecule has 0 aromatic carbocycles. The van der Waals surface area contributed by atoms with Gasteiger partial charge in [-0.25, -0.2) is 0 Å². The SMILES string of the molecule is C=C[Si](C)(C)CC[Si](C)(OCC)OCC. The van der Waals surface area contributed by atoms with Crippen LogP contribution >= 0.6 is 0 Å². The van der Waals surface area contributed by atoms with E-state index in [4.69, 9.17) is 8.85 Å². The predicted octanol–water partition coefficient (Wildman–Crippen LogP) is 3.57. The standard InChI is InChI=1S/C11H26O2Si2/c1-7-12-15(6,13-8-2)11-10-14(4,5)9-3/h9H,3,7-8,10-11H2,1-2,4-6H3. The summed E-state index contributed by atoms with van der Waals surface area (Å²) in [7, 11) is -3.10. The van der Waals surface area contributed by atoms with Crippen LogP contribution in [0.2, 0.25) is 31.7 Å². The predicted molar refractivity (Wildman–Crippen MR) is 72.2 cm³/mol. The van der Waals surface area contributed by atoms with E-state index in [1.165, 1.54) is 6.04 Å². The first-order chi connectivity index (χ1) is 6.89. The van der Waals surface area contributed by atoms with Crippen molar-refractivity contribution in [1.29, 1.82) is 0 Å². The lowest BCUT2D eigenvalue weighted by atomic mass is 10.9. The summed E-state index contributed by atoms with van der Waals surface area (Å²) in [5.41, 5.74) is 2.15. The molecule has 0 amide bonds. The summed E-state index contributed by atoms with van der Waals surface area (Å²) in [6.07, 6.45) is 0. The molecule has 0 bridgehead atoms. The maximum Gasteiger partial charge on any atom is 0.334 e. The topological polar surface area (TPSA) is 18.5 Å². The van der Waals surface area contributed by atoms with Gasteiger partial charge in [0, 0.05) is 13.2 Å². The summed E-state index contributed by atoms with van der Waals surface area (Å²) in [4.78, 5) is 0. The van der Waals surface area contributed by atoms with E-state index in [0.717, 1.165) is 19.3 Å². The maximum atomic E-state index is 5.81. The Hall–Kier alpha value is 0.0938. The molecule has 2 nitrogen and oxygen atoms in total. The van der Waals surface area contributed by atoms with E-state index in [-0.39, 0.29) is 0 Å².